The highest BCUT2D eigenvalue weighted by molar-refractivity contribution is 14.0. The molecule has 3 aromatic rings. The van der Waals surface area contributed by atoms with Crippen LogP contribution in [0.5, 0.6) is 0 Å². The summed E-state index contributed by atoms with van der Waals surface area (Å²) in [5, 5.41) is 7.64. The van der Waals surface area contributed by atoms with Crippen molar-refractivity contribution >= 4 is 41.3 Å². The zero-order valence-electron chi connectivity index (χ0n) is 15.1. The molecule has 0 saturated heterocycles. The molecule has 0 aliphatic rings. The van der Waals surface area contributed by atoms with Crippen molar-refractivity contribution in [2.24, 2.45) is 4.99 Å². The number of halogens is 5. The molecule has 5 nitrogen and oxygen atoms in total. The van der Waals surface area contributed by atoms with E-state index < -0.39 is 17.6 Å². The standard InChI is InChI=1S/C18H16F4N4OS.HI/c1-23-17(24-8-11-4-5-12(19)7-14(11)18(20,21)22)25-9-13-10-27-16(26-13)15-3-2-6-28-15;/h2-7,10H,8-9H2,1H3,(H2,23,24,25);1H. The van der Waals surface area contributed by atoms with Crippen LogP contribution in [0.3, 0.4) is 0 Å². The molecule has 0 unspecified atom stereocenters. The molecule has 0 fully saturated rings. The van der Waals surface area contributed by atoms with Crippen LogP contribution in [0.25, 0.3) is 10.8 Å². The second-order valence-electron chi connectivity index (χ2n) is 5.70. The minimum Gasteiger partial charge on any atom is -0.443 e. The summed E-state index contributed by atoms with van der Waals surface area (Å²) < 4.78 is 57.8. The lowest BCUT2D eigenvalue weighted by Crippen LogP contribution is -2.36. The van der Waals surface area contributed by atoms with Crippen LogP contribution in [0.2, 0.25) is 0 Å². The predicted molar refractivity (Wildman–Crippen MR) is 114 cm³/mol. The van der Waals surface area contributed by atoms with Crippen molar-refractivity contribution < 1.29 is 22.0 Å². The van der Waals surface area contributed by atoms with Gasteiger partial charge in [-0.05, 0) is 29.1 Å². The van der Waals surface area contributed by atoms with Crippen molar-refractivity contribution in [2.75, 3.05) is 7.05 Å². The molecule has 0 aliphatic carbocycles. The summed E-state index contributed by atoms with van der Waals surface area (Å²) in [7, 11) is 1.49. The van der Waals surface area contributed by atoms with Crippen LogP contribution in [0, 0.1) is 5.82 Å². The Labute approximate surface area is 185 Å². The van der Waals surface area contributed by atoms with Gasteiger partial charge in [0.2, 0.25) is 5.89 Å². The van der Waals surface area contributed by atoms with Crippen LogP contribution < -0.4 is 10.6 Å². The van der Waals surface area contributed by atoms with E-state index >= 15 is 0 Å². The number of hydrogen-bond acceptors (Lipinski definition) is 4. The summed E-state index contributed by atoms with van der Waals surface area (Å²) in [6.07, 6.45) is -3.15. The number of thiophene rings is 1. The molecule has 0 spiro atoms. The first-order chi connectivity index (χ1) is 13.4. The normalized spacial score (nSPS) is 11.8. The van der Waals surface area contributed by atoms with Gasteiger partial charge in [-0.2, -0.15) is 13.2 Å². The highest BCUT2D eigenvalue weighted by atomic mass is 127. The Bertz CT molecular complexity index is 957. The van der Waals surface area contributed by atoms with Crippen LogP contribution in [-0.2, 0) is 19.3 Å². The van der Waals surface area contributed by atoms with Gasteiger partial charge in [0.15, 0.2) is 5.96 Å². The zero-order chi connectivity index (χ0) is 20.1. The van der Waals surface area contributed by atoms with Crippen molar-refractivity contribution in [3.8, 4) is 10.8 Å². The lowest BCUT2D eigenvalue weighted by Gasteiger charge is -2.15. The molecular formula is C18H17F4IN4OS. The van der Waals surface area contributed by atoms with Crippen LogP contribution >= 0.6 is 35.3 Å². The Hall–Kier alpha value is -2.15. The van der Waals surface area contributed by atoms with E-state index in [0.29, 0.717) is 17.7 Å². The third-order valence-electron chi connectivity index (χ3n) is 3.77. The quantitative estimate of drug-likeness (QED) is 0.206. The maximum absolute atomic E-state index is 13.2. The topological polar surface area (TPSA) is 62.5 Å². The van der Waals surface area contributed by atoms with E-state index in [1.165, 1.54) is 24.6 Å². The summed E-state index contributed by atoms with van der Waals surface area (Å²) in [5.74, 6) is -0.167. The molecule has 2 heterocycles. The summed E-state index contributed by atoms with van der Waals surface area (Å²) in [6.45, 7) is 0.0954. The van der Waals surface area contributed by atoms with E-state index in [4.69, 9.17) is 4.42 Å². The number of aliphatic imine (C=N–C) groups is 1. The fourth-order valence-electron chi connectivity index (χ4n) is 2.44. The third-order valence-corrected chi connectivity index (χ3v) is 4.63. The Morgan fingerprint density at radius 1 is 1.21 bits per heavy atom. The van der Waals surface area contributed by atoms with E-state index in [-0.39, 0.29) is 48.6 Å². The molecule has 0 radical (unpaired) electrons. The lowest BCUT2D eigenvalue weighted by molar-refractivity contribution is -0.138. The fraction of sp³-hybridized carbons (Fsp3) is 0.222. The van der Waals surface area contributed by atoms with Gasteiger partial charge in [0.05, 0.1) is 22.7 Å². The van der Waals surface area contributed by atoms with Crippen molar-refractivity contribution in [1.29, 1.82) is 0 Å². The largest absolute Gasteiger partial charge is 0.443 e. The molecule has 0 aliphatic heterocycles. The number of aromatic nitrogens is 1. The van der Waals surface area contributed by atoms with Crippen molar-refractivity contribution in [3.63, 3.8) is 0 Å². The number of benzene rings is 1. The average Bonchev–Trinajstić information content (AvgIpc) is 3.33. The molecule has 0 atom stereocenters. The first kappa shape index (κ1) is 23.1. The molecule has 11 heteroatoms. The Kier molecular flexibility index (Phi) is 8.02. The second kappa shape index (κ2) is 10.1. The van der Waals surface area contributed by atoms with Gasteiger partial charge in [0.25, 0.3) is 0 Å². The monoisotopic (exact) mass is 540 g/mol. The van der Waals surface area contributed by atoms with Crippen molar-refractivity contribution in [3.05, 3.63) is 64.6 Å². The van der Waals surface area contributed by atoms with Crippen LogP contribution in [-0.4, -0.2) is 18.0 Å². The van der Waals surface area contributed by atoms with Crippen LogP contribution in [0.15, 0.2) is 51.4 Å². The Morgan fingerprint density at radius 3 is 2.62 bits per heavy atom. The molecule has 156 valence electrons. The molecule has 3 rings (SSSR count). The molecule has 2 N–H and O–H groups in total. The minimum atomic E-state index is -4.64. The zero-order valence-corrected chi connectivity index (χ0v) is 18.2. The van der Waals surface area contributed by atoms with Gasteiger partial charge in [0.1, 0.15) is 12.1 Å². The van der Waals surface area contributed by atoms with Crippen molar-refractivity contribution in [2.45, 2.75) is 19.3 Å². The molecule has 0 saturated carbocycles. The second-order valence-corrected chi connectivity index (χ2v) is 6.65. The summed E-state index contributed by atoms with van der Waals surface area (Å²) in [5.41, 5.74) is -0.491. The number of rotatable bonds is 5. The van der Waals surface area contributed by atoms with Crippen molar-refractivity contribution in [1.82, 2.24) is 15.6 Å². The van der Waals surface area contributed by atoms with Gasteiger partial charge in [-0.25, -0.2) is 9.37 Å². The number of hydrogen-bond donors (Lipinski definition) is 2. The van der Waals surface area contributed by atoms with Gasteiger partial charge < -0.3 is 15.1 Å². The van der Waals surface area contributed by atoms with Gasteiger partial charge in [-0.1, -0.05) is 12.1 Å². The molecule has 0 amide bonds. The lowest BCUT2D eigenvalue weighted by atomic mass is 10.1. The summed E-state index contributed by atoms with van der Waals surface area (Å²) in [4.78, 5) is 9.20. The highest BCUT2D eigenvalue weighted by Crippen LogP contribution is 2.32. The molecular weight excluding hydrogens is 523 g/mol. The van der Waals surface area contributed by atoms with Gasteiger partial charge in [-0.15, -0.1) is 35.3 Å². The maximum atomic E-state index is 13.2. The smallest absolute Gasteiger partial charge is 0.416 e. The van der Waals surface area contributed by atoms with E-state index in [1.54, 1.807) is 0 Å². The van der Waals surface area contributed by atoms with E-state index in [1.807, 2.05) is 17.5 Å². The SMILES string of the molecule is CN=C(NCc1coc(-c2cccs2)n1)NCc1ccc(F)cc1C(F)(F)F.I. The number of alkyl halides is 3. The van der Waals surface area contributed by atoms with Gasteiger partial charge in [0, 0.05) is 13.6 Å². The Morgan fingerprint density at radius 2 is 1.97 bits per heavy atom. The van der Waals surface area contributed by atoms with Gasteiger partial charge in [-0.3, -0.25) is 4.99 Å². The third kappa shape index (κ3) is 6.16. The summed E-state index contributed by atoms with van der Waals surface area (Å²) in [6, 6.07) is 6.34. The first-order valence-electron chi connectivity index (χ1n) is 8.15. The van der Waals surface area contributed by atoms with Crippen LogP contribution in [0.4, 0.5) is 17.6 Å². The molecule has 29 heavy (non-hydrogen) atoms. The Balaban J connectivity index is 0.00000300. The average molecular weight is 540 g/mol. The molecule has 1 aromatic carbocycles. The molecule has 2 aromatic heterocycles. The van der Waals surface area contributed by atoms with E-state index in [0.717, 1.165) is 17.0 Å². The number of nitrogens with zero attached hydrogens (tertiary/aromatic N) is 2. The fourth-order valence-corrected chi connectivity index (χ4v) is 3.10. The maximum Gasteiger partial charge on any atom is 0.416 e. The van der Waals surface area contributed by atoms with Crippen LogP contribution in [0.1, 0.15) is 16.8 Å². The molecule has 0 bridgehead atoms. The number of nitrogens with one attached hydrogen (secondary N) is 2. The number of guanidine groups is 1. The van der Waals surface area contributed by atoms with E-state index in [2.05, 4.69) is 20.6 Å². The number of oxazole rings is 1. The first-order valence-corrected chi connectivity index (χ1v) is 9.03. The summed E-state index contributed by atoms with van der Waals surface area (Å²) >= 11 is 1.50. The van der Waals surface area contributed by atoms with Gasteiger partial charge >= 0.3 is 6.18 Å². The highest BCUT2D eigenvalue weighted by Gasteiger charge is 2.33. The van der Waals surface area contributed by atoms with E-state index in [9.17, 15) is 17.6 Å². The predicted octanol–water partition coefficient (Wildman–Crippen LogP) is 5.04. The minimum absolute atomic E-state index is 0.